The number of fused-ring (bicyclic) bond motifs is 5. The Labute approximate surface area is 135 Å². The Morgan fingerprint density at radius 3 is 2.68 bits per heavy atom. The van der Waals surface area contributed by atoms with Crippen molar-refractivity contribution in [1.82, 2.24) is 0 Å². The van der Waals surface area contributed by atoms with Gasteiger partial charge < -0.3 is 5.11 Å². The lowest BCUT2D eigenvalue weighted by Gasteiger charge is -2.58. The van der Waals surface area contributed by atoms with Gasteiger partial charge in [0.1, 0.15) is 5.60 Å². The zero-order valence-electron chi connectivity index (χ0n) is 14.2. The fourth-order valence-corrected chi connectivity index (χ4v) is 7.01. The lowest BCUT2D eigenvalue weighted by atomic mass is 9.46. The second kappa shape index (κ2) is 4.64. The highest BCUT2D eigenvalue weighted by molar-refractivity contribution is 5.27. The Balaban J connectivity index is 1.70. The van der Waals surface area contributed by atoms with E-state index in [9.17, 15) is 5.11 Å². The van der Waals surface area contributed by atoms with Crippen LogP contribution in [0.25, 0.3) is 0 Å². The number of terminal acetylenes is 1. The molecule has 4 aliphatic carbocycles. The summed E-state index contributed by atoms with van der Waals surface area (Å²) >= 11 is 0. The summed E-state index contributed by atoms with van der Waals surface area (Å²) in [5.74, 6) is 5.02. The summed E-state index contributed by atoms with van der Waals surface area (Å²) in [5.41, 5.74) is 1.30. The summed E-state index contributed by atoms with van der Waals surface area (Å²) in [6, 6.07) is 0. The lowest BCUT2D eigenvalue weighted by molar-refractivity contribution is -0.0996. The van der Waals surface area contributed by atoms with Crippen molar-refractivity contribution >= 4 is 0 Å². The fourth-order valence-electron chi connectivity index (χ4n) is 7.01. The first-order valence-corrected chi connectivity index (χ1v) is 9.34. The summed E-state index contributed by atoms with van der Waals surface area (Å²) in [5, 5.41) is 11.0. The number of hydrogen-bond donors (Lipinski definition) is 1. The third kappa shape index (κ3) is 1.66. The molecule has 6 unspecified atom stereocenters. The largest absolute Gasteiger partial charge is 0.377 e. The highest BCUT2D eigenvalue weighted by Gasteiger charge is 2.63. The summed E-state index contributed by atoms with van der Waals surface area (Å²) in [6.45, 7) is 4.83. The SMILES string of the molecule is C#CC1(O)CCC2C3CCC4=CCCCC4(C)C3CCC21C. The van der Waals surface area contributed by atoms with Crippen molar-refractivity contribution in [2.75, 3.05) is 0 Å². The van der Waals surface area contributed by atoms with E-state index >= 15 is 0 Å². The maximum Gasteiger partial charge on any atom is 0.130 e. The lowest BCUT2D eigenvalue weighted by Crippen LogP contribution is -2.54. The minimum Gasteiger partial charge on any atom is -0.377 e. The van der Waals surface area contributed by atoms with Gasteiger partial charge in [-0.25, -0.2) is 0 Å². The minimum atomic E-state index is -0.855. The van der Waals surface area contributed by atoms with Crippen molar-refractivity contribution in [3.63, 3.8) is 0 Å². The van der Waals surface area contributed by atoms with Crippen LogP contribution in [0.3, 0.4) is 0 Å². The van der Waals surface area contributed by atoms with Gasteiger partial charge in [-0.1, -0.05) is 31.4 Å². The smallest absolute Gasteiger partial charge is 0.130 e. The number of rotatable bonds is 0. The van der Waals surface area contributed by atoms with Crippen molar-refractivity contribution < 1.29 is 5.11 Å². The van der Waals surface area contributed by atoms with Crippen molar-refractivity contribution in [2.45, 2.75) is 77.2 Å². The quantitative estimate of drug-likeness (QED) is 0.507. The molecule has 3 fully saturated rings. The summed E-state index contributed by atoms with van der Waals surface area (Å²) in [6.07, 6.45) is 19.3. The van der Waals surface area contributed by atoms with Crippen molar-refractivity contribution in [3.05, 3.63) is 11.6 Å². The van der Waals surface area contributed by atoms with Crippen LogP contribution in [0.15, 0.2) is 11.6 Å². The monoisotopic (exact) mass is 298 g/mol. The first kappa shape index (κ1) is 14.8. The van der Waals surface area contributed by atoms with E-state index in [4.69, 9.17) is 6.42 Å². The van der Waals surface area contributed by atoms with Crippen LogP contribution in [-0.4, -0.2) is 10.7 Å². The predicted molar refractivity (Wildman–Crippen MR) is 90.1 cm³/mol. The van der Waals surface area contributed by atoms with Gasteiger partial charge in [0.05, 0.1) is 0 Å². The van der Waals surface area contributed by atoms with Crippen LogP contribution in [0.4, 0.5) is 0 Å². The van der Waals surface area contributed by atoms with Crippen molar-refractivity contribution in [2.24, 2.45) is 28.6 Å². The van der Waals surface area contributed by atoms with Gasteiger partial charge in [0.2, 0.25) is 0 Å². The summed E-state index contributed by atoms with van der Waals surface area (Å²) < 4.78 is 0. The Bertz CT molecular complexity index is 555. The molecule has 4 rings (SSSR count). The topological polar surface area (TPSA) is 20.2 Å². The maximum absolute atomic E-state index is 11.0. The number of aliphatic hydroxyl groups is 1. The average molecular weight is 298 g/mol. The molecule has 0 saturated heterocycles. The Hall–Kier alpha value is -0.740. The van der Waals surface area contributed by atoms with E-state index in [-0.39, 0.29) is 5.41 Å². The molecule has 3 saturated carbocycles. The molecule has 0 amide bonds. The standard InChI is InChI=1S/C21H30O/c1-4-21(22)14-11-18-16-9-8-15-7-5-6-12-19(15,2)17(16)10-13-20(18,21)3/h1,7,16-18,22H,5-6,8-14H2,2-3H3. The van der Waals surface area contributed by atoms with E-state index in [0.29, 0.717) is 11.3 Å². The zero-order chi connectivity index (χ0) is 15.6. The molecular weight excluding hydrogens is 268 g/mol. The molecular formula is C21H30O. The van der Waals surface area contributed by atoms with E-state index in [1.807, 2.05) is 0 Å². The second-order valence-electron chi connectivity index (χ2n) is 8.95. The van der Waals surface area contributed by atoms with Gasteiger partial charge in [-0.3, -0.25) is 0 Å². The molecule has 22 heavy (non-hydrogen) atoms. The van der Waals surface area contributed by atoms with E-state index in [1.54, 1.807) is 5.57 Å². The van der Waals surface area contributed by atoms with Gasteiger partial charge in [-0.05, 0) is 81.0 Å². The van der Waals surface area contributed by atoms with Crippen LogP contribution >= 0.6 is 0 Å². The molecule has 0 aromatic carbocycles. The molecule has 0 heterocycles. The van der Waals surface area contributed by atoms with Gasteiger partial charge in [-0.2, -0.15) is 0 Å². The molecule has 0 aromatic heterocycles. The van der Waals surface area contributed by atoms with E-state index < -0.39 is 5.60 Å². The van der Waals surface area contributed by atoms with Crippen LogP contribution in [0.1, 0.15) is 71.6 Å². The highest BCUT2D eigenvalue weighted by Crippen LogP contribution is 2.67. The molecule has 120 valence electrons. The Morgan fingerprint density at radius 2 is 1.91 bits per heavy atom. The molecule has 0 radical (unpaired) electrons. The molecule has 6 atom stereocenters. The average Bonchev–Trinajstić information content (AvgIpc) is 2.79. The van der Waals surface area contributed by atoms with E-state index in [1.165, 1.54) is 38.5 Å². The molecule has 0 spiro atoms. The van der Waals surface area contributed by atoms with Crippen molar-refractivity contribution in [3.8, 4) is 12.3 Å². The Kier molecular flexibility index (Phi) is 3.12. The Morgan fingerprint density at radius 1 is 1.14 bits per heavy atom. The molecule has 0 aromatic rings. The van der Waals surface area contributed by atoms with Gasteiger partial charge in [0.25, 0.3) is 0 Å². The van der Waals surface area contributed by atoms with Crippen LogP contribution in [-0.2, 0) is 0 Å². The first-order chi connectivity index (χ1) is 10.4. The number of hydrogen-bond acceptors (Lipinski definition) is 1. The van der Waals surface area contributed by atoms with Gasteiger partial charge in [0, 0.05) is 5.41 Å². The molecule has 0 aliphatic heterocycles. The predicted octanol–water partition coefficient (Wildman–Crippen LogP) is 4.70. The van der Waals surface area contributed by atoms with Gasteiger partial charge >= 0.3 is 0 Å². The molecule has 4 aliphatic rings. The molecule has 0 bridgehead atoms. The van der Waals surface area contributed by atoms with Gasteiger partial charge in [-0.15, -0.1) is 6.42 Å². The van der Waals surface area contributed by atoms with Crippen LogP contribution in [0, 0.1) is 40.9 Å². The van der Waals surface area contributed by atoms with Crippen LogP contribution in [0.5, 0.6) is 0 Å². The second-order valence-corrected chi connectivity index (χ2v) is 8.95. The molecule has 1 N–H and O–H groups in total. The maximum atomic E-state index is 11.0. The van der Waals surface area contributed by atoms with E-state index in [2.05, 4.69) is 25.8 Å². The van der Waals surface area contributed by atoms with Gasteiger partial charge in [0.15, 0.2) is 0 Å². The highest BCUT2D eigenvalue weighted by atomic mass is 16.3. The minimum absolute atomic E-state index is 0.0465. The summed E-state index contributed by atoms with van der Waals surface area (Å²) in [4.78, 5) is 0. The van der Waals surface area contributed by atoms with Crippen LogP contribution in [0.2, 0.25) is 0 Å². The third-order valence-electron chi connectivity index (χ3n) is 8.42. The van der Waals surface area contributed by atoms with Crippen LogP contribution < -0.4 is 0 Å². The third-order valence-corrected chi connectivity index (χ3v) is 8.42. The molecule has 1 heteroatoms. The first-order valence-electron chi connectivity index (χ1n) is 9.34. The van der Waals surface area contributed by atoms with E-state index in [0.717, 1.165) is 31.1 Å². The van der Waals surface area contributed by atoms with Crippen molar-refractivity contribution in [1.29, 1.82) is 0 Å². The molecule has 1 nitrogen and oxygen atoms in total. The normalized spacial score (nSPS) is 53.7. The zero-order valence-corrected chi connectivity index (χ0v) is 14.2. The summed E-state index contributed by atoms with van der Waals surface area (Å²) in [7, 11) is 0. The fraction of sp³-hybridized carbons (Fsp3) is 0.810. The number of allylic oxidation sites excluding steroid dienone is 2.